The molecule has 0 amide bonds. The third kappa shape index (κ3) is 11.9. The zero-order valence-corrected chi connectivity index (χ0v) is 36.8. The number of hydrogen-bond donors (Lipinski definition) is 0. The van der Waals surface area contributed by atoms with Crippen molar-refractivity contribution in [1.29, 1.82) is 0 Å². The van der Waals surface area contributed by atoms with Gasteiger partial charge in [0, 0.05) is 5.41 Å². The third-order valence-corrected chi connectivity index (χ3v) is 11.0. The predicted octanol–water partition coefficient (Wildman–Crippen LogP) is 13.4. The van der Waals surface area contributed by atoms with Crippen molar-refractivity contribution in [2.45, 2.75) is 96.5 Å². The molecule has 1 aliphatic carbocycles. The van der Waals surface area contributed by atoms with E-state index in [-0.39, 0.29) is 16.4 Å². The first-order chi connectivity index (χ1) is 30.1. The molecule has 324 valence electrons. The molecule has 63 heavy (non-hydrogen) atoms. The number of hydrogen-bond acceptors (Lipinski definition) is 9. The summed E-state index contributed by atoms with van der Waals surface area (Å²) in [5.41, 5.74) is 5.27. The molecule has 9 nitrogen and oxygen atoms in total. The van der Waals surface area contributed by atoms with E-state index in [0.29, 0.717) is 46.5 Å². The van der Waals surface area contributed by atoms with Crippen LogP contribution in [0, 0.1) is 0 Å². The highest BCUT2D eigenvalue weighted by atomic mass is 16.7. The van der Waals surface area contributed by atoms with E-state index >= 15 is 0 Å². The molecule has 1 aliphatic rings. The molecular formula is C54H54O9. The van der Waals surface area contributed by atoms with Crippen molar-refractivity contribution in [1.82, 2.24) is 0 Å². The van der Waals surface area contributed by atoms with Gasteiger partial charge in [0.2, 0.25) is 0 Å². The van der Waals surface area contributed by atoms with Crippen LogP contribution in [0.2, 0.25) is 0 Å². The third-order valence-electron chi connectivity index (χ3n) is 11.0. The summed E-state index contributed by atoms with van der Waals surface area (Å²) >= 11 is 0. The zero-order chi connectivity index (χ0) is 44.6. The quantitative estimate of drug-likeness (QED) is 0.0715. The van der Waals surface area contributed by atoms with Crippen LogP contribution in [-0.2, 0) is 17.3 Å². The number of esters is 1. The summed E-state index contributed by atoms with van der Waals surface area (Å²) in [6.45, 7) is 12.3. The van der Waals surface area contributed by atoms with Gasteiger partial charge in [-0.2, -0.15) is 0 Å². The molecule has 6 aromatic rings. The fourth-order valence-electron chi connectivity index (χ4n) is 7.80. The highest BCUT2D eigenvalue weighted by molar-refractivity contribution is 5.91. The minimum Gasteiger partial charge on any atom is -0.488 e. The maximum Gasteiger partial charge on any atom is 0.519 e. The average Bonchev–Trinajstić information content (AvgIpc) is 3.25. The molecule has 0 atom stereocenters. The Morgan fingerprint density at radius 2 is 0.810 bits per heavy atom. The summed E-state index contributed by atoms with van der Waals surface area (Å²) in [6.07, 6.45) is 4.24. The Morgan fingerprint density at radius 3 is 1.21 bits per heavy atom. The van der Waals surface area contributed by atoms with Gasteiger partial charge in [0.25, 0.3) is 0 Å². The Kier molecular flexibility index (Phi) is 13.4. The number of rotatable bonds is 11. The monoisotopic (exact) mass is 846 g/mol. The molecule has 1 fully saturated rings. The van der Waals surface area contributed by atoms with Crippen molar-refractivity contribution in [3.8, 4) is 34.5 Å². The van der Waals surface area contributed by atoms with Gasteiger partial charge < -0.3 is 28.4 Å². The van der Waals surface area contributed by atoms with Crippen LogP contribution in [-0.4, -0.2) is 23.9 Å². The Labute approximate surface area is 369 Å². The zero-order valence-electron chi connectivity index (χ0n) is 36.8. The largest absolute Gasteiger partial charge is 0.519 e. The summed E-state index contributed by atoms with van der Waals surface area (Å²) in [6, 6.07) is 44.2. The minimum atomic E-state index is -0.835. The van der Waals surface area contributed by atoms with E-state index in [9.17, 15) is 14.4 Å². The van der Waals surface area contributed by atoms with Crippen molar-refractivity contribution in [3.63, 3.8) is 0 Å². The summed E-state index contributed by atoms with van der Waals surface area (Å²) in [5.74, 6) is 2.23. The number of carbonyl (C=O) groups excluding carboxylic acids is 3. The Hall–Kier alpha value is -6.87. The molecule has 9 heteroatoms. The molecule has 0 aromatic heterocycles. The molecular weight excluding hydrogens is 793 g/mol. The van der Waals surface area contributed by atoms with E-state index in [2.05, 4.69) is 20.8 Å². The van der Waals surface area contributed by atoms with E-state index in [1.807, 2.05) is 81.4 Å². The van der Waals surface area contributed by atoms with Crippen molar-refractivity contribution in [3.05, 3.63) is 179 Å². The molecule has 7 rings (SSSR count). The second-order valence-corrected chi connectivity index (χ2v) is 18.0. The lowest BCUT2D eigenvalue weighted by Crippen LogP contribution is -2.30. The fourth-order valence-corrected chi connectivity index (χ4v) is 7.80. The predicted molar refractivity (Wildman–Crippen MR) is 243 cm³/mol. The molecule has 6 aromatic carbocycles. The second-order valence-electron chi connectivity index (χ2n) is 18.0. The van der Waals surface area contributed by atoms with E-state index in [4.69, 9.17) is 28.4 Å². The summed E-state index contributed by atoms with van der Waals surface area (Å²) < 4.78 is 33.4. The summed E-state index contributed by atoms with van der Waals surface area (Å²) in [5, 5.41) is 0. The smallest absolute Gasteiger partial charge is 0.488 e. The normalized spacial score (nSPS) is 13.6. The molecule has 0 saturated heterocycles. The molecule has 0 heterocycles. The second kappa shape index (κ2) is 19.0. The van der Waals surface area contributed by atoms with Crippen molar-refractivity contribution < 1.29 is 42.8 Å². The molecule has 0 N–H and O–H groups in total. The Bertz CT molecular complexity index is 2470. The summed E-state index contributed by atoms with van der Waals surface area (Å²) in [7, 11) is 0. The fraction of sp³-hybridized carbons (Fsp3) is 0.278. The van der Waals surface area contributed by atoms with Crippen LogP contribution in [0.3, 0.4) is 0 Å². The minimum absolute atomic E-state index is 0.00348. The maximum absolute atomic E-state index is 12.8. The standard InChI is InChI=1S/C54H54O9/c1-52(2,3)40-16-28-45(29-17-40)60-51(57)62-47-32-20-42(21-33-47)54(34-8-7-9-35-54)41-18-30-46(31-19-41)61-50(56)59-44-24-12-38(13-25-44)36-37-10-22-43(23-11-37)58-49(55)39-14-26-48(27-15-39)63-53(4,5)6/h10-33H,7-9,34-36H2,1-6H3. The number of carbonyl (C=O) groups is 3. The van der Waals surface area contributed by atoms with Gasteiger partial charge >= 0.3 is 18.3 Å². The van der Waals surface area contributed by atoms with Gasteiger partial charge in [-0.25, -0.2) is 14.4 Å². The SMILES string of the molecule is CC(C)(C)Oc1ccc(C(=O)Oc2ccc(Cc3ccc(OC(=O)Oc4ccc(C5(c6ccc(OC(=O)Oc7ccc(C(C)(C)C)cc7)cc6)CCCCC5)cc4)cc3)cc2)cc1. The van der Waals surface area contributed by atoms with Crippen LogP contribution >= 0.6 is 0 Å². The molecule has 1 saturated carbocycles. The van der Waals surface area contributed by atoms with Crippen LogP contribution in [0.25, 0.3) is 0 Å². The van der Waals surface area contributed by atoms with Crippen molar-refractivity contribution >= 4 is 18.3 Å². The highest BCUT2D eigenvalue weighted by Crippen LogP contribution is 2.45. The molecule has 0 aliphatic heterocycles. The number of ether oxygens (including phenoxy) is 6. The van der Waals surface area contributed by atoms with Gasteiger partial charge in [0.1, 0.15) is 40.1 Å². The van der Waals surface area contributed by atoms with Crippen LogP contribution in [0.4, 0.5) is 9.59 Å². The first-order valence-corrected chi connectivity index (χ1v) is 21.4. The maximum atomic E-state index is 12.8. The van der Waals surface area contributed by atoms with Crippen LogP contribution in [0.15, 0.2) is 146 Å². The Morgan fingerprint density at radius 1 is 0.444 bits per heavy atom. The first-order valence-electron chi connectivity index (χ1n) is 21.4. The van der Waals surface area contributed by atoms with Crippen LogP contribution in [0.1, 0.15) is 112 Å². The van der Waals surface area contributed by atoms with E-state index in [1.54, 1.807) is 84.9 Å². The number of benzene rings is 6. The van der Waals surface area contributed by atoms with Gasteiger partial charge in [-0.1, -0.05) is 101 Å². The first kappa shape index (κ1) is 44.2. The van der Waals surface area contributed by atoms with Gasteiger partial charge in [0.15, 0.2) is 0 Å². The van der Waals surface area contributed by atoms with Gasteiger partial charge in [-0.05, 0) is 158 Å². The van der Waals surface area contributed by atoms with Gasteiger partial charge in [-0.15, -0.1) is 0 Å². The van der Waals surface area contributed by atoms with Gasteiger partial charge in [-0.3, -0.25) is 0 Å². The van der Waals surface area contributed by atoms with E-state index < -0.39 is 18.3 Å². The molecule has 0 unspecified atom stereocenters. The lowest BCUT2D eigenvalue weighted by molar-refractivity contribution is 0.0734. The molecule has 0 bridgehead atoms. The lowest BCUT2D eigenvalue weighted by atomic mass is 9.65. The molecule has 0 radical (unpaired) electrons. The van der Waals surface area contributed by atoms with Gasteiger partial charge in [0.05, 0.1) is 5.56 Å². The highest BCUT2D eigenvalue weighted by Gasteiger charge is 2.36. The Balaban J connectivity index is 0.896. The van der Waals surface area contributed by atoms with Crippen molar-refractivity contribution in [2.75, 3.05) is 0 Å². The van der Waals surface area contributed by atoms with Crippen LogP contribution < -0.4 is 28.4 Å². The lowest BCUT2D eigenvalue weighted by Gasteiger charge is -2.38. The average molecular weight is 847 g/mol. The summed E-state index contributed by atoms with van der Waals surface area (Å²) in [4.78, 5) is 38.1. The molecule has 0 spiro atoms. The van der Waals surface area contributed by atoms with Crippen molar-refractivity contribution in [2.24, 2.45) is 0 Å². The topological polar surface area (TPSA) is 107 Å². The van der Waals surface area contributed by atoms with E-state index in [0.717, 1.165) is 59.9 Å². The van der Waals surface area contributed by atoms with Crippen LogP contribution in [0.5, 0.6) is 34.5 Å². The van der Waals surface area contributed by atoms with E-state index in [1.165, 1.54) is 0 Å².